The summed E-state index contributed by atoms with van der Waals surface area (Å²) in [5, 5.41) is 6.49. The zero-order valence-electron chi connectivity index (χ0n) is 16.4. The third-order valence-electron chi connectivity index (χ3n) is 5.48. The lowest BCUT2D eigenvalue weighted by Crippen LogP contribution is -2.23. The van der Waals surface area contributed by atoms with Crippen LogP contribution in [0.5, 0.6) is 0 Å². The molecule has 0 N–H and O–H groups in total. The van der Waals surface area contributed by atoms with Gasteiger partial charge >= 0.3 is 0 Å². The molecule has 28 heavy (non-hydrogen) atoms. The zero-order valence-corrected chi connectivity index (χ0v) is 17.2. The molecule has 0 aliphatic carbocycles. The number of allylic oxidation sites excluding steroid dienone is 3. The summed E-state index contributed by atoms with van der Waals surface area (Å²) >= 11 is 5.95. The molecule has 1 amide bonds. The number of halogens is 1. The second kappa shape index (κ2) is 6.64. The van der Waals surface area contributed by atoms with Crippen molar-refractivity contribution < 1.29 is 4.79 Å². The molecule has 0 aromatic heterocycles. The number of amides is 1. The largest absolute Gasteiger partial charge is 0.347 e. The van der Waals surface area contributed by atoms with Gasteiger partial charge in [0.15, 0.2) is 0 Å². The summed E-state index contributed by atoms with van der Waals surface area (Å²) in [6.45, 7) is 6.27. The number of carbonyl (C=O) groups excluding carboxylic acids is 1. The van der Waals surface area contributed by atoms with Gasteiger partial charge in [-0.2, -0.15) is 10.1 Å². The number of hydrogen-bond donors (Lipinski definition) is 0. The van der Waals surface area contributed by atoms with Crippen LogP contribution < -0.4 is 9.91 Å². The van der Waals surface area contributed by atoms with Gasteiger partial charge < -0.3 is 4.90 Å². The number of para-hydroxylation sites is 1. The van der Waals surface area contributed by atoms with E-state index in [1.165, 1.54) is 16.3 Å². The predicted octanol–water partition coefficient (Wildman–Crippen LogP) is 5.30. The minimum Gasteiger partial charge on any atom is -0.347 e. The van der Waals surface area contributed by atoms with E-state index in [0.29, 0.717) is 22.0 Å². The molecule has 4 nitrogen and oxygen atoms in total. The van der Waals surface area contributed by atoms with Gasteiger partial charge in [-0.1, -0.05) is 43.6 Å². The lowest BCUT2D eigenvalue weighted by molar-refractivity contribution is -0.114. The summed E-state index contributed by atoms with van der Waals surface area (Å²) in [6, 6.07) is 15.5. The molecule has 0 fully saturated rings. The van der Waals surface area contributed by atoms with E-state index in [9.17, 15) is 4.79 Å². The fourth-order valence-corrected chi connectivity index (χ4v) is 4.06. The molecule has 0 spiro atoms. The summed E-state index contributed by atoms with van der Waals surface area (Å²) in [5.74, 6) is -0.132. The topological polar surface area (TPSA) is 35.9 Å². The van der Waals surface area contributed by atoms with Crippen molar-refractivity contribution in [2.45, 2.75) is 26.2 Å². The van der Waals surface area contributed by atoms with Crippen LogP contribution >= 0.6 is 11.6 Å². The lowest BCUT2D eigenvalue weighted by atomic mass is 9.83. The molecule has 142 valence electrons. The molecule has 0 saturated heterocycles. The number of carbonyl (C=O) groups is 1. The number of hydrazone groups is 1. The quantitative estimate of drug-likeness (QED) is 0.651. The standard InChI is InChI=1S/C23H22ClN3O/c1-15-18(22(28)27(25-15)17-11-9-16(24)10-12-17)13-14-21-23(2,3)19-7-5-6-8-20(19)26(21)4/h5-14H,1-4H3. The summed E-state index contributed by atoms with van der Waals surface area (Å²) in [5.41, 5.74) is 5.50. The SMILES string of the molecule is CC1=NN(c2ccc(Cl)cc2)C(=O)C1=CC=C1N(C)c2ccccc2C1(C)C. The van der Waals surface area contributed by atoms with Crippen molar-refractivity contribution in [1.82, 2.24) is 0 Å². The third-order valence-corrected chi connectivity index (χ3v) is 5.73. The van der Waals surface area contributed by atoms with Gasteiger partial charge in [0.25, 0.3) is 5.91 Å². The fraction of sp³-hybridized carbons (Fsp3) is 0.217. The molecule has 0 atom stereocenters. The summed E-state index contributed by atoms with van der Waals surface area (Å²) in [4.78, 5) is 15.1. The molecule has 0 saturated carbocycles. The lowest BCUT2D eigenvalue weighted by Gasteiger charge is -2.23. The fourth-order valence-electron chi connectivity index (χ4n) is 3.93. The maximum atomic E-state index is 12.9. The van der Waals surface area contributed by atoms with E-state index in [0.717, 1.165) is 5.70 Å². The van der Waals surface area contributed by atoms with Gasteiger partial charge in [0.05, 0.1) is 17.0 Å². The van der Waals surface area contributed by atoms with E-state index in [4.69, 9.17) is 11.6 Å². The van der Waals surface area contributed by atoms with Crippen LogP contribution in [0.1, 0.15) is 26.3 Å². The molecule has 5 heteroatoms. The van der Waals surface area contributed by atoms with Crippen LogP contribution in [-0.4, -0.2) is 18.7 Å². The molecule has 0 radical (unpaired) electrons. The predicted molar refractivity (Wildman–Crippen MR) is 116 cm³/mol. The third kappa shape index (κ3) is 2.85. The highest BCUT2D eigenvalue weighted by Crippen LogP contribution is 2.46. The second-order valence-corrected chi connectivity index (χ2v) is 8.05. The minimum atomic E-state index is -0.134. The van der Waals surface area contributed by atoms with E-state index in [-0.39, 0.29) is 11.3 Å². The Labute approximate surface area is 170 Å². The molecule has 2 aromatic carbocycles. The van der Waals surface area contributed by atoms with Crippen molar-refractivity contribution >= 4 is 34.6 Å². The van der Waals surface area contributed by atoms with Gasteiger partial charge in [0, 0.05) is 28.9 Å². The Kier molecular flexibility index (Phi) is 4.39. The van der Waals surface area contributed by atoms with Crippen LogP contribution in [0.25, 0.3) is 0 Å². The number of benzene rings is 2. The van der Waals surface area contributed by atoms with Crippen LogP contribution in [0, 0.1) is 0 Å². The molecule has 0 unspecified atom stereocenters. The number of fused-ring (bicyclic) bond motifs is 1. The van der Waals surface area contributed by atoms with Crippen LogP contribution in [0.4, 0.5) is 11.4 Å². The van der Waals surface area contributed by atoms with E-state index in [1.807, 2.05) is 25.1 Å². The monoisotopic (exact) mass is 391 g/mol. The summed E-state index contributed by atoms with van der Waals surface area (Å²) in [7, 11) is 2.06. The second-order valence-electron chi connectivity index (χ2n) is 7.61. The number of hydrogen-bond acceptors (Lipinski definition) is 3. The van der Waals surface area contributed by atoms with E-state index in [1.54, 1.807) is 24.3 Å². The number of anilines is 2. The van der Waals surface area contributed by atoms with E-state index in [2.05, 4.69) is 49.1 Å². The molecular weight excluding hydrogens is 370 g/mol. The highest BCUT2D eigenvalue weighted by molar-refractivity contribution is 6.31. The van der Waals surface area contributed by atoms with Crippen molar-refractivity contribution in [3.63, 3.8) is 0 Å². The zero-order chi connectivity index (χ0) is 20.1. The smallest absolute Gasteiger partial charge is 0.280 e. The van der Waals surface area contributed by atoms with Gasteiger partial charge in [-0.15, -0.1) is 0 Å². The Bertz CT molecular complexity index is 1050. The molecule has 2 aliphatic rings. The van der Waals surface area contributed by atoms with Crippen LogP contribution in [0.15, 0.2) is 77.1 Å². The number of likely N-dealkylation sites (N-methyl/N-ethyl adjacent to an activating group) is 1. The van der Waals surface area contributed by atoms with Crippen molar-refractivity contribution in [2.75, 3.05) is 17.0 Å². The summed E-state index contributed by atoms with van der Waals surface area (Å²) < 4.78 is 0. The molecule has 2 aliphatic heterocycles. The van der Waals surface area contributed by atoms with Gasteiger partial charge in [-0.3, -0.25) is 4.79 Å². The Morgan fingerprint density at radius 3 is 2.39 bits per heavy atom. The van der Waals surface area contributed by atoms with Gasteiger partial charge in [0.1, 0.15) is 0 Å². The Morgan fingerprint density at radius 2 is 1.71 bits per heavy atom. The van der Waals surface area contributed by atoms with E-state index < -0.39 is 0 Å². The molecule has 2 aromatic rings. The number of rotatable bonds is 2. The number of nitrogens with zero attached hydrogens (tertiary/aromatic N) is 3. The van der Waals surface area contributed by atoms with Crippen LogP contribution in [0.2, 0.25) is 5.02 Å². The first-order chi connectivity index (χ1) is 13.3. The molecule has 4 rings (SSSR count). The maximum absolute atomic E-state index is 12.9. The minimum absolute atomic E-state index is 0.132. The highest BCUT2D eigenvalue weighted by Gasteiger charge is 2.38. The first kappa shape index (κ1) is 18.5. The van der Waals surface area contributed by atoms with Gasteiger partial charge in [-0.25, -0.2) is 0 Å². The van der Waals surface area contributed by atoms with Crippen molar-refractivity contribution in [1.29, 1.82) is 0 Å². The maximum Gasteiger partial charge on any atom is 0.280 e. The molecule has 2 heterocycles. The van der Waals surface area contributed by atoms with E-state index >= 15 is 0 Å². The van der Waals surface area contributed by atoms with Crippen LogP contribution in [-0.2, 0) is 10.2 Å². The molecular formula is C23H22ClN3O. The average molecular weight is 392 g/mol. The highest BCUT2D eigenvalue weighted by atomic mass is 35.5. The van der Waals surface area contributed by atoms with Crippen molar-refractivity contribution in [3.05, 3.63) is 82.5 Å². The first-order valence-corrected chi connectivity index (χ1v) is 9.60. The summed E-state index contributed by atoms with van der Waals surface area (Å²) in [6.07, 6.45) is 3.92. The van der Waals surface area contributed by atoms with Crippen LogP contribution in [0.3, 0.4) is 0 Å². The van der Waals surface area contributed by atoms with Gasteiger partial charge in [-0.05, 0) is 55.0 Å². The average Bonchev–Trinajstić information content (AvgIpc) is 3.06. The normalized spacial score (nSPS) is 20.9. The first-order valence-electron chi connectivity index (χ1n) is 9.22. The Hall–Kier alpha value is -2.85. The van der Waals surface area contributed by atoms with Gasteiger partial charge in [0.2, 0.25) is 0 Å². The molecule has 0 bridgehead atoms. The van der Waals surface area contributed by atoms with Crippen molar-refractivity contribution in [3.8, 4) is 0 Å². The Balaban J connectivity index is 1.68. The Morgan fingerprint density at radius 1 is 1.04 bits per heavy atom. The van der Waals surface area contributed by atoms with Crippen molar-refractivity contribution in [2.24, 2.45) is 5.10 Å².